The lowest BCUT2D eigenvalue weighted by Crippen LogP contribution is -2.38. The number of hydrogen-bond donors (Lipinski definition) is 2. The number of rotatable bonds is 8. The standard InChI is InChI=1S/C21H30N6O3S/c1-2-3-12-30-21-23-19(22)18-20(24-21)27(15-31(28,29)25-18)14-17-8-6-16(7-9-17)13-26-10-4-5-11-26/h6-9,25H,2-5,10-15H2,1H3,(H2,22,23,24). The van der Waals surface area contributed by atoms with Gasteiger partial charge >= 0.3 is 6.01 Å². The quantitative estimate of drug-likeness (QED) is 0.595. The van der Waals surface area contributed by atoms with Crippen LogP contribution in [0.4, 0.5) is 17.3 Å². The first-order valence-corrected chi connectivity index (χ1v) is 12.4. The monoisotopic (exact) mass is 446 g/mol. The molecule has 0 amide bonds. The van der Waals surface area contributed by atoms with Gasteiger partial charge < -0.3 is 15.4 Å². The van der Waals surface area contributed by atoms with E-state index >= 15 is 0 Å². The van der Waals surface area contributed by atoms with E-state index in [0.717, 1.165) is 38.0 Å². The second-order valence-corrected chi connectivity index (χ2v) is 9.83. The molecule has 0 aliphatic carbocycles. The third-order valence-electron chi connectivity index (χ3n) is 5.51. The van der Waals surface area contributed by atoms with Crippen molar-refractivity contribution in [1.29, 1.82) is 0 Å². The summed E-state index contributed by atoms with van der Waals surface area (Å²) in [6, 6.07) is 8.47. The molecule has 0 unspecified atom stereocenters. The lowest BCUT2D eigenvalue weighted by molar-refractivity contribution is 0.286. The summed E-state index contributed by atoms with van der Waals surface area (Å²) in [4.78, 5) is 12.7. The third-order valence-corrected chi connectivity index (χ3v) is 6.68. The normalized spacial score (nSPS) is 17.9. The Hall–Kier alpha value is -2.59. The van der Waals surface area contributed by atoms with Gasteiger partial charge in [-0.15, -0.1) is 0 Å². The zero-order valence-corrected chi connectivity index (χ0v) is 18.7. The summed E-state index contributed by atoms with van der Waals surface area (Å²) in [6.07, 6.45) is 4.40. The Morgan fingerprint density at radius 1 is 1.10 bits per heavy atom. The van der Waals surface area contributed by atoms with Crippen molar-refractivity contribution in [2.45, 2.75) is 45.7 Å². The van der Waals surface area contributed by atoms with Crippen LogP contribution in [0.2, 0.25) is 0 Å². The summed E-state index contributed by atoms with van der Waals surface area (Å²) in [6.45, 7) is 6.20. The van der Waals surface area contributed by atoms with E-state index in [-0.39, 0.29) is 23.4 Å². The summed E-state index contributed by atoms with van der Waals surface area (Å²) in [5.41, 5.74) is 8.50. The number of unbranched alkanes of at least 4 members (excludes halogenated alkanes) is 1. The van der Waals surface area contributed by atoms with Crippen LogP contribution in [0.25, 0.3) is 0 Å². The predicted octanol–water partition coefficient (Wildman–Crippen LogP) is 2.55. The minimum Gasteiger partial charge on any atom is -0.463 e. The van der Waals surface area contributed by atoms with Crippen molar-refractivity contribution >= 4 is 27.3 Å². The largest absolute Gasteiger partial charge is 0.463 e. The van der Waals surface area contributed by atoms with Gasteiger partial charge in [-0.25, -0.2) is 8.42 Å². The molecule has 1 saturated heterocycles. The van der Waals surface area contributed by atoms with E-state index in [9.17, 15) is 8.42 Å². The van der Waals surface area contributed by atoms with E-state index in [4.69, 9.17) is 10.5 Å². The van der Waals surface area contributed by atoms with Crippen molar-refractivity contribution in [1.82, 2.24) is 14.9 Å². The van der Waals surface area contributed by atoms with Crippen LogP contribution >= 0.6 is 0 Å². The molecule has 0 atom stereocenters. The summed E-state index contributed by atoms with van der Waals surface area (Å²) < 4.78 is 32.9. The van der Waals surface area contributed by atoms with Crippen LogP contribution < -0.4 is 20.1 Å². The van der Waals surface area contributed by atoms with E-state index in [1.54, 1.807) is 4.90 Å². The van der Waals surface area contributed by atoms with E-state index in [1.165, 1.54) is 18.4 Å². The highest BCUT2D eigenvalue weighted by Crippen LogP contribution is 2.36. The highest BCUT2D eigenvalue weighted by atomic mass is 32.2. The number of nitrogens with one attached hydrogen (secondary N) is 1. The van der Waals surface area contributed by atoms with Crippen molar-refractivity contribution in [2.75, 3.05) is 40.9 Å². The zero-order chi connectivity index (χ0) is 21.8. The maximum atomic E-state index is 12.4. The topological polar surface area (TPSA) is 114 Å². The van der Waals surface area contributed by atoms with Gasteiger partial charge in [0, 0.05) is 13.1 Å². The van der Waals surface area contributed by atoms with Crippen LogP contribution in [0, 0.1) is 0 Å². The first kappa shape index (κ1) is 21.6. The van der Waals surface area contributed by atoms with Crippen molar-refractivity contribution < 1.29 is 13.2 Å². The number of fused-ring (bicyclic) bond motifs is 1. The van der Waals surface area contributed by atoms with Gasteiger partial charge in [0.05, 0.1) is 6.61 Å². The molecule has 1 fully saturated rings. The summed E-state index contributed by atoms with van der Waals surface area (Å²) in [5, 5.41) is 0. The van der Waals surface area contributed by atoms with Gasteiger partial charge in [0.25, 0.3) is 10.0 Å². The molecular formula is C21H30N6O3S. The molecule has 168 valence electrons. The van der Waals surface area contributed by atoms with Gasteiger partial charge in [-0.1, -0.05) is 37.6 Å². The summed E-state index contributed by atoms with van der Waals surface area (Å²) in [7, 11) is -3.58. The second-order valence-electron chi connectivity index (χ2n) is 8.14. The molecule has 2 aromatic rings. The second kappa shape index (κ2) is 9.27. The van der Waals surface area contributed by atoms with Crippen LogP contribution in [0.3, 0.4) is 0 Å². The van der Waals surface area contributed by atoms with Crippen LogP contribution in [0.15, 0.2) is 24.3 Å². The molecule has 1 aromatic carbocycles. The highest BCUT2D eigenvalue weighted by Gasteiger charge is 2.31. The Morgan fingerprint density at radius 3 is 2.45 bits per heavy atom. The molecular weight excluding hydrogens is 416 g/mol. The average Bonchev–Trinajstić information content (AvgIpc) is 3.23. The Kier molecular flexibility index (Phi) is 6.47. The summed E-state index contributed by atoms with van der Waals surface area (Å²) in [5.74, 6) is 0.293. The fraction of sp³-hybridized carbons (Fsp3) is 0.524. The SMILES string of the molecule is CCCCOc1nc(N)c2c(n1)N(Cc1ccc(CN3CCCC3)cc1)CS(=O)(=O)N2. The van der Waals surface area contributed by atoms with Gasteiger partial charge in [0.15, 0.2) is 11.6 Å². The number of likely N-dealkylation sites (tertiary alicyclic amines) is 1. The highest BCUT2D eigenvalue weighted by molar-refractivity contribution is 7.92. The van der Waals surface area contributed by atoms with Crippen LogP contribution in [-0.4, -0.2) is 48.9 Å². The van der Waals surface area contributed by atoms with Gasteiger partial charge in [0.1, 0.15) is 11.6 Å². The molecule has 3 heterocycles. The molecule has 0 saturated carbocycles. The number of aromatic nitrogens is 2. The molecule has 0 radical (unpaired) electrons. The van der Waals surface area contributed by atoms with Gasteiger partial charge in [-0.3, -0.25) is 9.62 Å². The number of nitrogens with zero attached hydrogens (tertiary/aromatic N) is 4. The average molecular weight is 447 g/mol. The molecule has 3 N–H and O–H groups in total. The van der Waals surface area contributed by atoms with E-state index in [0.29, 0.717) is 19.0 Å². The number of benzene rings is 1. The van der Waals surface area contributed by atoms with Crippen molar-refractivity contribution in [2.24, 2.45) is 0 Å². The number of nitrogen functional groups attached to an aromatic ring is 1. The van der Waals surface area contributed by atoms with Gasteiger partial charge in [-0.2, -0.15) is 9.97 Å². The van der Waals surface area contributed by atoms with Crippen LogP contribution in [0.5, 0.6) is 6.01 Å². The molecule has 2 aliphatic rings. The Morgan fingerprint density at radius 2 is 1.77 bits per heavy atom. The lowest BCUT2D eigenvalue weighted by Gasteiger charge is -2.31. The lowest BCUT2D eigenvalue weighted by atomic mass is 10.1. The Balaban J connectivity index is 1.53. The molecule has 0 bridgehead atoms. The number of nitrogens with two attached hydrogens (primary N) is 1. The molecule has 4 rings (SSSR count). The number of sulfonamides is 1. The van der Waals surface area contributed by atoms with Crippen molar-refractivity contribution in [3.8, 4) is 6.01 Å². The fourth-order valence-corrected chi connectivity index (χ4v) is 5.08. The molecule has 0 spiro atoms. The van der Waals surface area contributed by atoms with Gasteiger partial charge in [0.2, 0.25) is 0 Å². The molecule has 10 heteroatoms. The van der Waals surface area contributed by atoms with Crippen LogP contribution in [-0.2, 0) is 23.1 Å². The Bertz CT molecular complexity index is 1010. The van der Waals surface area contributed by atoms with E-state index < -0.39 is 10.0 Å². The van der Waals surface area contributed by atoms with Crippen molar-refractivity contribution in [3.63, 3.8) is 0 Å². The molecule has 31 heavy (non-hydrogen) atoms. The zero-order valence-electron chi connectivity index (χ0n) is 17.9. The maximum absolute atomic E-state index is 12.4. The molecule has 1 aromatic heterocycles. The van der Waals surface area contributed by atoms with E-state index in [2.05, 4.69) is 38.6 Å². The minimum absolute atomic E-state index is 0.0609. The summed E-state index contributed by atoms with van der Waals surface area (Å²) >= 11 is 0. The number of ether oxygens (including phenoxy) is 1. The smallest absolute Gasteiger partial charge is 0.320 e. The molecule has 9 nitrogen and oxygen atoms in total. The van der Waals surface area contributed by atoms with Gasteiger partial charge in [-0.05, 0) is 43.5 Å². The predicted molar refractivity (Wildman–Crippen MR) is 121 cm³/mol. The molecule has 2 aliphatic heterocycles. The maximum Gasteiger partial charge on any atom is 0.320 e. The van der Waals surface area contributed by atoms with E-state index in [1.807, 2.05) is 12.1 Å². The number of anilines is 3. The fourth-order valence-electron chi connectivity index (χ4n) is 3.89. The first-order chi connectivity index (χ1) is 14.9. The van der Waals surface area contributed by atoms with Crippen molar-refractivity contribution in [3.05, 3.63) is 35.4 Å². The minimum atomic E-state index is -3.58. The Labute approximate surface area is 183 Å². The third kappa shape index (κ3) is 5.37. The van der Waals surface area contributed by atoms with Crippen LogP contribution in [0.1, 0.15) is 43.7 Å². The number of hydrogen-bond acceptors (Lipinski definition) is 8. The first-order valence-electron chi connectivity index (χ1n) is 10.8.